The van der Waals surface area contributed by atoms with Gasteiger partial charge in [0.1, 0.15) is 18.0 Å². The average molecular weight is 469 g/mol. The fraction of sp³-hybridized carbons (Fsp3) is 0.688. The van der Waals surface area contributed by atoms with E-state index in [9.17, 15) is 24.0 Å². The molecule has 1 heterocycles. The molecular formula is C16H21BrO11. The van der Waals surface area contributed by atoms with Gasteiger partial charge in [-0.25, -0.2) is 0 Å². The number of esters is 5. The SMILES string of the molecule is CC(=O)OC[C@H]1O[C@H](OC(C)=O)[C@H](OC(=O)CBr)[C@@H](OC(C)=O)[C@H]1OC(C)=O. The van der Waals surface area contributed by atoms with Crippen molar-refractivity contribution in [2.24, 2.45) is 0 Å². The van der Waals surface area contributed by atoms with E-state index >= 15 is 0 Å². The van der Waals surface area contributed by atoms with Crippen LogP contribution < -0.4 is 0 Å². The van der Waals surface area contributed by atoms with Gasteiger partial charge in [-0.2, -0.15) is 0 Å². The maximum Gasteiger partial charge on any atom is 0.317 e. The van der Waals surface area contributed by atoms with E-state index in [1.165, 1.54) is 0 Å². The molecule has 0 saturated carbocycles. The number of carbonyl (C=O) groups is 5. The molecule has 158 valence electrons. The van der Waals surface area contributed by atoms with Crippen LogP contribution in [0.2, 0.25) is 0 Å². The predicted molar refractivity (Wildman–Crippen MR) is 91.8 cm³/mol. The Morgan fingerprint density at radius 1 is 0.750 bits per heavy atom. The third kappa shape index (κ3) is 7.43. The zero-order chi connectivity index (χ0) is 21.4. The van der Waals surface area contributed by atoms with Crippen LogP contribution in [-0.4, -0.2) is 72.5 Å². The summed E-state index contributed by atoms with van der Waals surface area (Å²) in [5.74, 6) is -3.73. The van der Waals surface area contributed by atoms with Crippen molar-refractivity contribution in [3.05, 3.63) is 0 Å². The van der Waals surface area contributed by atoms with E-state index in [0.29, 0.717) is 0 Å². The number of ether oxygens (including phenoxy) is 6. The monoisotopic (exact) mass is 468 g/mol. The van der Waals surface area contributed by atoms with Crippen molar-refractivity contribution in [3.8, 4) is 0 Å². The molecule has 0 N–H and O–H groups in total. The van der Waals surface area contributed by atoms with Crippen LogP contribution in [0.15, 0.2) is 0 Å². The summed E-state index contributed by atoms with van der Waals surface area (Å²) < 4.78 is 31.0. The fourth-order valence-electron chi connectivity index (χ4n) is 2.44. The molecule has 28 heavy (non-hydrogen) atoms. The first kappa shape index (κ1) is 23.8. The first-order valence-corrected chi connectivity index (χ1v) is 9.23. The van der Waals surface area contributed by atoms with E-state index in [-0.39, 0.29) is 5.33 Å². The fourth-order valence-corrected chi connectivity index (χ4v) is 2.57. The van der Waals surface area contributed by atoms with Crippen LogP contribution in [0, 0.1) is 0 Å². The highest BCUT2D eigenvalue weighted by molar-refractivity contribution is 9.09. The largest absolute Gasteiger partial charge is 0.463 e. The molecular weight excluding hydrogens is 448 g/mol. The summed E-state index contributed by atoms with van der Waals surface area (Å²) in [6.07, 6.45) is -6.79. The lowest BCUT2D eigenvalue weighted by Gasteiger charge is -2.43. The highest BCUT2D eigenvalue weighted by Gasteiger charge is 2.53. The van der Waals surface area contributed by atoms with Gasteiger partial charge >= 0.3 is 29.8 Å². The molecule has 1 fully saturated rings. The lowest BCUT2D eigenvalue weighted by Crippen LogP contribution is -2.63. The number of carbonyl (C=O) groups excluding carboxylic acids is 5. The average Bonchev–Trinajstić information content (AvgIpc) is 2.56. The van der Waals surface area contributed by atoms with Crippen molar-refractivity contribution in [2.45, 2.75) is 58.4 Å². The zero-order valence-electron chi connectivity index (χ0n) is 15.7. The normalized spacial score (nSPS) is 26.5. The number of alkyl halides is 1. The summed E-state index contributed by atoms with van der Waals surface area (Å²) in [4.78, 5) is 57.5. The smallest absolute Gasteiger partial charge is 0.317 e. The van der Waals surface area contributed by atoms with Gasteiger partial charge in [0.2, 0.25) is 12.4 Å². The molecule has 1 rings (SSSR count). The molecule has 0 aromatic rings. The van der Waals surface area contributed by atoms with Gasteiger partial charge in [-0.3, -0.25) is 24.0 Å². The van der Waals surface area contributed by atoms with Crippen molar-refractivity contribution in [2.75, 3.05) is 11.9 Å². The molecule has 1 aliphatic heterocycles. The molecule has 0 aromatic carbocycles. The maximum absolute atomic E-state index is 11.8. The molecule has 0 aliphatic carbocycles. The van der Waals surface area contributed by atoms with E-state index in [1.807, 2.05) is 0 Å². The lowest BCUT2D eigenvalue weighted by atomic mass is 9.98. The van der Waals surface area contributed by atoms with Crippen LogP contribution in [-0.2, 0) is 52.4 Å². The Bertz CT molecular complexity index is 620. The Kier molecular flexibility index (Phi) is 9.32. The quantitative estimate of drug-likeness (QED) is 0.283. The molecule has 12 heteroatoms. The Balaban J connectivity index is 3.31. The Morgan fingerprint density at radius 2 is 1.29 bits per heavy atom. The Morgan fingerprint density at radius 3 is 1.75 bits per heavy atom. The van der Waals surface area contributed by atoms with Crippen LogP contribution >= 0.6 is 15.9 Å². The highest BCUT2D eigenvalue weighted by Crippen LogP contribution is 2.30. The van der Waals surface area contributed by atoms with Crippen molar-refractivity contribution < 1.29 is 52.4 Å². The molecule has 1 aliphatic rings. The molecule has 1 saturated heterocycles. The number of hydrogen-bond donors (Lipinski definition) is 0. The van der Waals surface area contributed by atoms with Gasteiger partial charge in [-0.1, -0.05) is 15.9 Å². The Labute approximate surface area is 169 Å². The van der Waals surface area contributed by atoms with Crippen molar-refractivity contribution >= 4 is 45.8 Å². The van der Waals surface area contributed by atoms with E-state index < -0.39 is 67.2 Å². The minimum Gasteiger partial charge on any atom is -0.463 e. The van der Waals surface area contributed by atoms with Crippen LogP contribution in [0.5, 0.6) is 0 Å². The van der Waals surface area contributed by atoms with Gasteiger partial charge in [-0.05, 0) is 0 Å². The molecule has 0 aromatic heterocycles. The third-order valence-corrected chi connectivity index (χ3v) is 3.76. The van der Waals surface area contributed by atoms with Crippen LogP contribution in [0.25, 0.3) is 0 Å². The van der Waals surface area contributed by atoms with E-state index in [0.717, 1.165) is 27.7 Å². The first-order valence-electron chi connectivity index (χ1n) is 8.11. The summed E-state index contributed by atoms with van der Waals surface area (Å²) in [6, 6.07) is 0. The van der Waals surface area contributed by atoms with Crippen molar-refractivity contribution in [1.29, 1.82) is 0 Å². The summed E-state index contributed by atoms with van der Waals surface area (Å²) in [5, 5.41) is -0.210. The lowest BCUT2D eigenvalue weighted by molar-refractivity contribution is -0.300. The predicted octanol–water partition coefficient (Wildman–Crippen LogP) is 0.00760. The zero-order valence-corrected chi connectivity index (χ0v) is 17.3. The van der Waals surface area contributed by atoms with Gasteiger partial charge < -0.3 is 28.4 Å². The van der Waals surface area contributed by atoms with Crippen LogP contribution in [0.3, 0.4) is 0 Å². The summed E-state index contributed by atoms with van der Waals surface area (Å²) in [6.45, 7) is 4.03. The molecule has 0 radical (unpaired) electrons. The minimum absolute atomic E-state index is 0.210. The second-order valence-corrected chi connectivity index (χ2v) is 6.25. The van der Waals surface area contributed by atoms with E-state index in [2.05, 4.69) is 15.9 Å². The summed E-state index contributed by atoms with van der Waals surface area (Å²) in [5.41, 5.74) is 0. The molecule has 5 atom stereocenters. The number of hydrogen-bond acceptors (Lipinski definition) is 11. The van der Waals surface area contributed by atoms with Gasteiger partial charge in [0, 0.05) is 27.7 Å². The first-order chi connectivity index (χ1) is 13.0. The van der Waals surface area contributed by atoms with Crippen LogP contribution in [0.1, 0.15) is 27.7 Å². The van der Waals surface area contributed by atoms with Crippen molar-refractivity contribution in [1.82, 2.24) is 0 Å². The van der Waals surface area contributed by atoms with Crippen molar-refractivity contribution in [3.63, 3.8) is 0 Å². The molecule has 0 unspecified atom stereocenters. The highest BCUT2D eigenvalue weighted by atomic mass is 79.9. The molecule has 0 bridgehead atoms. The molecule has 0 spiro atoms. The number of halogens is 1. The van der Waals surface area contributed by atoms with Gasteiger partial charge in [-0.15, -0.1) is 0 Å². The maximum atomic E-state index is 11.8. The minimum atomic E-state index is -1.50. The van der Waals surface area contributed by atoms with Gasteiger partial charge in [0.25, 0.3) is 0 Å². The molecule has 11 nitrogen and oxygen atoms in total. The Hall–Kier alpha value is -2.21. The van der Waals surface area contributed by atoms with Gasteiger partial charge in [0.05, 0.1) is 0 Å². The van der Waals surface area contributed by atoms with E-state index in [1.54, 1.807) is 0 Å². The van der Waals surface area contributed by atoms with Crippen LogP contribution in [0.4, 0.5) is 0 Å². The van der Waals surface area contributed by atoms with Gasteiger partial charge in [0.15, 0.2) is 12.2 Å². The third-order valence-electron chi connectivity index (χ3n) is 3.30. The molecule has 0 amide bonds. The second kappa shape index (κ2) is 11.0. The topological polar surface area (TPSA) is 141 Å². The number of rotatable bonds is 7. The summed E-state index contributed by atoms with van der Waals surface area (Å²) in [7, 11) is 0. The summed E-state index contributed by atoms with van der Waals surface area (Å²) >= 11 is 2.92. The second-order valence-electron chi connectivity index (χ2n) is 5.69. The standard InChI is InChI=1S/C16H21BrO11/c1-7(18)23-6-11-13(24-8(2)19)14(25-9(3)20)15(28-12(22)5-17)16(27-11)26-10(4)21/h11,13-16H,5-6H2,1-4H3/t11-,13+,14+,15-,16+/m1/s1. The van der Waals surface area contributed by atoms with E-state index in [4.69, 9.17) is 28.4 Å².